The quantitative estimate of drug-likeness (QED) is 0.684. The number of aromatic nitrogens is 2. The summed E-state index contributed by atoms with van der Waals surface area (Å²) in [4.78, 5) is 10.8. The normalized spacial score (nSPS) is 14.2. The molecule has 0 unspecified atom stereocenters. The molecule has 1 aliphatic rings. The van der Waals surface area contributed by atoms with Gasteiger partial charge in [-0.25, -0.2) is 14.4 Å². The molecule has 1 aliphatic heterocycles. The van der Waals surface area contributed by atoms with Crippen molar-refractivity contribution in [2.75, 3.05) is 11.4 Å². The Hall–Kier alpha value is -2.49. The third-order valence-electron chi connectivity index (χ3n) is 4.01. The number of benzene rings is 2. The van der Waals surface area contributed by atoms with Gasteiger partial charge in [0.25, 0.3) is 0 Å². The molecular formula is C17H14FN3. The van der Waals surface area contributed by atoms with Crippen molar-refractivity contribution >= 4 is 16.7 Å². The first-order chi connectivity index (χ1) is 10.3. The van der Waals surface area contributed by atoms with E-state index in [9.17, 15) is 4.39 Å². The minimum Gasteiger partial charge on any atom is -0.351 e. The van der Waals surface area contributed by atoms with Crippen LogP contribution in [-0.2, 0) is 13.0 Å². The largest absolute Gasteiger partial charge is 0.351 e. The van der Waals surface area contributed by atoms with Gasteiger partial charge in [-0.15, -0.1) is 0 Å². The Labute approximate surface area is 122 Å². The van der Waals surface area contributed by atoms with E-state index >= 15 is 0 Å². The highest BCUT2D eigenvalue weighted by Crippen LogP contribution is 2.28. The Bertz CT molecular complexity index is 816. The highest BCUT2D eigenvalue weighted by atomic mass is 19.1. The summed E-state index contributed by atoms with van der Waals surface area (Å²) >= 11 is 0. The van der Waals surface area contributed by atoms with Crippen LogP contribution in [0, 0.1) is 5.82 Å². The monoisotopic (exact) mass is 279 g/mol. The number of halogens is 1. The van der Waals surface area contributed by atoms with Crippen LogP contribution in [0.5, 0.6) is 0 Å². The maximum Gasteiger partial charge on any atom is 0.140 e. The van der Waals surface area contributed by atoms with Gasteiger partial charge in [-0.3, -0.25) is 0 Å². The Morgan fingerprint density at radius 1 is 1.00 bits per heavy atom. The number of anilines is 1. The Balaban J connectivity index is 1.80. The summed E-state index contributed by atoms with van der Waals surface area (Å²) in [5, 5.41) is 0.775. The van der Waals surface area contributed by atoms with Crippen LogP contribution in [0.3, 0.4) is 0 Å². The second kappa shape index (κ2) is 4.81. The Kier molecular flexibility index (Phi) is 2.81. The molecule has 3 aromatic rings. The van der Waals surface area contributed by atoms with Crippen LogP contribution in [-0.4, -0.2) is 16.5 Å². The molecular weight excluding hydrogens is 265 g/mol. The maximum absolute atomic E-state index is 13.5. The molecule has 0 saturated heterocycles. The molecule has 2 heterocycles. The van der Waals surface area contributed by atoms with Crippen molar-refractivity contribution in [3.8, 4) is 0 Å². The molecule has 0 atom stereocenters. The maximum atomic E-state index is 13.5. The van der Waals surface area contributed by atoms with Crippen molar-refractivity contribution in [2.24, 2.45) is 0 Å². The van der Waals surface area contributed by atoms with Crippen LogP contribution in [0.2, 0.25) is 0 Å². The van der Waals surface area contributed by atoms with Crippen LogP contribution in [0.25, 0.3) is 10.9 Å². The molecule has 21 heavy (non-hydrogen) atoms. The van der Waals surface area contributed by atoms with Gasteiger partial charge in [0.2, 0.25) is 0 Å². The van der Waals surface area contributed by atoms with E-state index in [1.165, 1.54) is 23.3 Å². The second-order valence-corrected chi connectivity index (χ2v) is 5.30. The van der Waals surface area contributed by atoms with Crippen molar-refractivity contribution in [2.45, 2.75) is 13.0 Å². The third kappa shape index (κ3) is 2.13. The van der Waals surface area contributed by atoms with E-state index in [0.29, 0.717) is 0 Å². The summed E-state index contributed by atoms with van der Waals surface area (Å²) in [6.07, 6.45) is 2.53. The van der Waals surface area contributed by atoms with Crippen molar-refractivity contribution in [3.05, 3.63) is 65.7 Å². The summed E-state index contributed by atoms with van der Waals surface area (Å²) in [5.74, 6) is 0.560. The molecule has 4 rings (SSSR count). The Morgan fingerprint density at radius 3 is 2.76 bits per heavy atom. The van der Waals surface area contributed by atoms with Gasteiger partial charge in [-0.2, -0.15) is 0 Å². The molecule has 0 aliphatic carbocycles. The van der Waals surface area contributed by atoms with Crippen molar-refractivity contribution < 1.29 is 4.39 Å². The summed E-state index contributed by atoms with van der Waals surface area (Å²) in [6.45, 7) is 1.69. The lowest BCUT2D eigenvalue weighted by molar-refractivity contribution is 0.629. The summed E-state index contributed by atoms with van der Waals surface area (Å²) in [7, 11) is 0. The molecule has 0 fully saturated rings. The van der Waals surface area contributed by atoms with Crippen molar-refractivity contribution in [1.82, 2.24) is 9.97 Å². The van der Waals surface area contributed by atoms with E-state index in [1.807, 2.05) is 0 Å². The van der Waals surface area contributed by atoms with Gasteiger partial charge in [-0.05, 0) is 35.7 Å². The summed E-state index contributed by atoms with van der Waals surface area (Å²) < 4.78 is 13.5. The molecule has 0 N–H and O–H groups in total. The van der Waals surface area contributed by atoms with Gasteiger partial charge in [0.05, 0.1) is 5.52 Å². The average Bonchev–Trinajstić information content (AvgIpc) is 2.54. The van der Waals surface area contributed by atoms with E-state index < -0.39 is 0 Å². The van der Waals surface area contributed by atoms with Gasteiger partial charge in [-0.1, -0.05) is 24.3 Å². The zero-order valence-electron chi connectivity index (χ0n) is 11.5. The summed E-state index contributed by atoms with van der Waals surface area (Å²) in [5.41, 5.74) is 3.48. The number of fused-ring (bicyclic) bond motifs is 2. The fourth-order valence-corrected chi connectivity index (χ4v) is 2.94. The molecule has 0 amide bonds. The van der Waals surface area contributed by atoms with E-state index in [1.54, 1.807) is 12.4 Å². The van der Waals surface area contributed by atoms with Crippen LogP contribution >= 0.6 is 0 Å². The zero-order valence-corrected chi connectivity index (χ0v) is 11.5. The zero-order chi connectivity index (χ0) is 14.2. The topological polar surface area (TPSA) is 29.0 Å². The van der Waals surface area contributed by atoms with Gasteiger partial charge in [0, 0.05) is 18.5 Å². The van der Waals surface area contributed by atoms with E-state index in [-0.39, 0.29) is 5.82 Å². The lowest BCUT2D eigenvalue weighted by atomic mass is 10.00. The molecule has 0 saturated carbocycles. The minimum atomic E-state index is -0.254. The number of nitrogens with zero attached hydrogens (tertiary/aromatic N) is 3. The minimum absolute atomic E-state index is 0.254. The van der Waals surface area contributed by atoms with E-state index in [2.05, 4.69) is 39.1 Å². The molecule has 0 spiro atoms. The first-order valence-electron chi connectivity index (χ1n) is 7.03. The van der Waals surface area contributed by atoms with Crippen LogP contribution in [0.1, 0.15) is 11.1 Å². The molecule has 4 heteroatoms. The highest BCUT2D eigenvalue weighted by molar-refractivity contribution is 5.89. The number of hydrogen-bond donors (Lipinski definition) is 0. The van der Waals surface area contributed by atoms with Crippen LogP contribution < -0.4 is 4.90 Å². The van der Waals surface area contributed by atoms with Gasteiger partial charge in [0.1, 0.15) is 18.0 Å². The third-order valence-corrected chi connectivity index (χ3v) is 4.01. The fraction of sp³-hybridized carbons (Fsp3) is 0.176. The van der Waals surface area contributed by atoms with Gasteiger partial charge < -0.3 is 4.90 Å². The molecule has 0 bridgehead atoms. The molecule has 2 aromatic carbocycles. The van der Waals surface area contributed by atoms with E-state index in [4.69, 9.17) is 0 Å². The predicted molar refractivity (Wildman–Crippen MR) is 80.7 cm³/mol. The molecule has 3 nitrogen and oxygen atoms in total. The average molecular weight is 279 g/mol. The second-order valence-electron chi connectivity index (χ2n) is 5.30. The molecule has 104 valence electrons. The smallest absolute Gasteiger partial charge is 0.140 e. The summed E-state index contributed by atoms with van der Waals surface area (Å²) in [6, 6.07) is 13.1. The van der Waals surface area contributed by atoms with Gasteiger partial charge >= 0.3 is 0 Å². The van der Waals surface area contributed by atoms with Crippen LogP contribution in [0.15, 0.2) is 48.8 Å². The Morgan fingerprint density at radius 2 is 1.86 bits per heavy atom. The molecule has 0 radical (unpaired) electrons. The highest BCUT2D eigenvalue weighted by Gasteiger charge is 2.19. The van der Waals surface area contributed by atoms with E-state index in [0.717, 1.165) is 36.2 Å². The fourth-order valence-electron chi connectivity index (χ4n) is 2.94. The van der Waals surface area contributed by atoms with Crippen molar-refractivity contribution in [3.63, 3.8) is 0 Å². The SMILES string of the molecule is Fc1ccc2ncnc(N3CCc4ccccc4C3)c2c1. The molecule has 1 aromatic heterocycles. The van der Waals surface area contributed by atoms with Gasteiger partial charge in [0.15, 0.2) is 0 Å². The lowest BCUT2D eigenvalue weighted by Gasteiger charge is -2.30. The first-order valence-corrected chi connectivity index (χ1v) is 7.03. The van der Waals surface area contributed by atoms with Crippen LogP contribution in [0.4, 0.5) is 10.2 Å². The number of hydrogen-bond acceptors (Lipinski definition) is 3. The van der Waals surface area contributed by atoms with Crippen molar-refractivity contribution in [1.29, 1.82) is 0 Å². The lowest BCUT2D eigenvalue weighted by Crippen LogP contribution is -2.31. The predicted octanol–water partition coefficient (Wildman–Crippen LogP) is 3.33. The first kappa shape index (κ1) is 12.3. The number of rotatable bonds is 1. The standard InChI is InChI=1S/C17H14FN3/c18-14-5-6-16-15(9-14)17(20-11-19-16)21-8-7-12-3-1-2-4-13(12)10-21/h1-6,9,11H,7-8,10H2.